The molecule has 0 bridgehead atoms. The van der Waals surface area contributed by atoms with Gasteiger partial charge in [-0.05, 0) is 24.3 Å². The summed E-state index contributed by atoms with van der Waals surface area (Å²) in [4.78, 5) is 13.8. The molecule has 0 aliphatic carbocycles. The topological polar surface area (TPSA) is 111 Å². The number of rotatable bonds is 4. The normalized spacial score (nSPS) is 11.2. The van der Waals surface area contributed by atoms with Crippen LogP contribution in [0.4, 0.5) is 11.9 Å². The lowest BCUT2D eigenvalue weighted by molar-refractivity contribution is 0.440. The lowest BCUT2D eigenvalue weighted by atomic mass is 10.3. The number of nitrogens with zero attached hydrogens (tertiary/aromatic N) is 4. The Kier molecular flexibility index (Phi) is 3.94. The summed E-state index contributed by atoms with van der Waals surface area (Å²) in [5.41, 5.74) is 5.58. The Morgan fingerprint density at radius 2 is 1.71 bits per heavy atom. The number of sulfone groups is 1. The van der Waals surface area contributed by atoms with Gasteiger partial charge in [-0.25, -0.2) is 8.42 Å². The molecule has 9 heteroatoms. The van der Waals surface area contributed by atoms with E-state index in [2.05, 4.69) is 15.0 Å². The van der Waals surface area contributed by atoms with Gasteiger partial charge in [-0.3, -0.25) is 0 Å². The third-order valence-electron chi connectivity index (χ3n) is 2.48. The summed E-state index contributed by atoms with van der Waals surface area (Å²) in [6.45, 7) is 0. The van der Waals surface area contributed by atoms with Gasteiger partial charge in [0.1, 0.15) is 5.75 Å². The van der Waals surface area contributed by atoms with E-state index in [0.717, 1.165) is 6.26 Å². The Hall–Kier alpha value is -2.42. The molecule has 21 heavy (non-hydrogen) atoms. The van der Waals surface area contributed by atoms with E-state index in [1.165, 1.54) is 24.3 Å². The number of hydrogen-bond acceptors (Lipinski definition) is 8. The van der Waals surface area contributed by atoms with Crippen LogP contribution < -0.4 is 15.4 Å². The number of benzene rings is 1. The molecule has 0 aliphatic rings. The van der Waals surface area contributed by atoms with E-state index in [0.29, 0.717) is 11.7 Å². The van der Waals surface area contributed by atoms with Gasteiger partial charge in [-0.2, -0.15) is 15.0 Å². The molecule has 112 valence electrons. The third kappa shape index (κ3) is 3.78. The molecule has 0 saturated carbocycles. The number of nitrogens with two attached hydrogens (primary N) is 1. The molecule has 1 aromatic heterocycles. The zero-order valence-electron chi connectivity index (χ0n) is 11.8. The second-order valence-electron chi connectivity index (χ2n) is 4.52. The van der Waals surface area contributed by atoms with Crippen molar-refractivity contribution < 1.29 is 13.2 Å². The van der Waals surface area contributed by atoms with Gasteiger partial charge in [0.25, 0.3) is 0 Å². The van der Waals surface area contributed by atoms with E-state index in [1.54, 1.807) is 19.0 Å². The zero-order valence-corrected chi connectivity index (χ0v) is 12.6. The fourth-order valence-corrected chi connectivity index (χ4v) is 2.10. The molecule has 2 aromatic rings. The summed E-state index contributed by atoms with van der Waals surface area (Å²) >= 11 is 0. The molecular formula is C12H15N5O3S. The summed E-state index contributed by atoms with van der Waals surface area (Å²) in [5.74, 6) is 0.805. The van der Waals surface area contributed by atoms with Crippen LogP contribution in [0.3, 0.4) is 0 Å². The fourth-order valence-electron chi connectivity index (χ4n) is 1.47. The third-order valence-corrected chi connectivity index (χ3v) is 3.61. The molecule has 2 N–H and O–H groups in total. The lowest BCUT2D eigenvalue weighted by Crippen LogP contribution is -2.15. The van der Waals surface area contributed by atoms with Crippen molar-refractivity contribution in [2.75, 3.05) is 31.0 Å². The van der Waals surface area contributed by atoms with Gasteiger partial charge in [0.15, 0.2) is 9.84 Å². The van der Waals surface area contributed by atoms with Crippen LogP contribution in [0.25, 0.3) is 0 Å². The summed E-state index contributed by atoms with van der Waals surface area (Å²) < 4.78 is 28.2. The Labute approximate surface area is 122 Å². The smallest absolute Gasteiger partial charge is 0.328 e. The highest BCUT2D eigenvalue weighted by Crippen LogP contribution is 2.21. The molecule has 1 aromatic carbocycles. The van der Waals surface area contributed by atoms with Crippen molar-refractivity contribution in [2.24, 2.45) is 0 Å². The molecule has 0 fully saturated rings. The quantitative estimate of drug-likeness (QED) is 0.879. The van der Waals surface area contributed by atoms with Crippen molar-refractivity contribution in [1.29, 1.82) is 0 Å². The highest BCUT2D eigenvalue weighted by atomic mass is 32.2. The Morgan fingerprint density at radius 1 is 1.10 bits per heavy atom. The second-order valence-corrected chi connectivity index (χ2v) is 6.53. The first-order chi connectivity index (χ1) is 9.75. The maximum absolute atomic E-state index is 11.4. The average Bonchev–Trinajstić information content (AvgIpc) is 2.37. The highest BCUT2D eigenvalue weighted by Gasteiger charge is 2.10. The average molecular weight is 309 g/mol. The zero-order chi connectivity index (χ0) is 15.6. The van der Waals surface area contributed by atoms with Crippen LogP contribution in [0.2, 0.25) is 0 Å². The maximum Gasteiger partial charge on any atom is 0.328 e. The summed E-state index contributed by atoms with van der Waals surface area (Å²) in [5, 5.41) is 0. The first kappa shape index (κ1) is 15.0. The first-order valence-corrected chi connectivity index (χ1v) is 7.82. The van der Waals surface area contributed by atoms with Crippen molar-refractivity contribution in [3.05, 3.63) is 24.3 Å². The van der Waals surface area contributed by atoms with Gasteiger partial charge in [0.2, 0.25) is 11.9 Å². The maximum atomic E-state index is 11.4. The van der Waals surface area contributed by atoms with Crippen molar-refractivity contribution in [3.8, 4) is 11.8 Å². The predicted molar refractivity (Wildman–Crippen MR) is 78.2 cm³/mol. The van der Waals surface area contributed by atoms with E-state index < -0.39 is 9.84 Å². The highest BCUT2D eigenvalue weighted by molar-refractivity contribution is 7.90. The number of anilines is 2. The molecule has 0 aliphatic heterocycles. The Bertz CT molecular complexity index is 744. The standard InChI is InChI=1S/C12H15N5O3S/c1-17(2)11-14-10(13)15-12(16-11)20-8-4-6-9(7-5-8)21(3,18)19/h4-7H,1-3H3,(H2,13,14,15,16). The van der Waals surface area contributed by atoms with Gasteiger partial charge < -0.3 is 15.4 Å². The summed E-state index contributed by atoms with van der Waals surface area (Å²) in [7, 11) is 0.286. The van der Waals surface area contributed by atoms with E-state index in [9.17, 15) is 8.42 Å². The minimum atomic E-state index is -3.24. The van der Waals surface area contributed by atoms with Crippen molar-refractivity contribution in [2.45, 2.75) is 4.90 Å². The van der Waals surface area contributed by atoms with E-state index >= 15 is 0 Å². The van der Waals surface area contributed by atoms with Gasteiger partial charge >= 0.3 is 6.01 Å². The van der Waals surface area contributed by atoms with Crippen LogP contribution in [0, 0.1) is 0 Å². The minimum Gasteiger partial charge on any atom is -0.424 e. The molecule has 0 saturated heterocycles. The van der Waals surface area contributed by atoms with Crippen LogP contribution in [-0.4, -0.2) is 43.7 Å². The van der Waals surface area contributed by atoms with Crippen molar-refractivity contribution in [1.82, 2.24) is 15.0 Å². The summed E-state index contributed by atoms with van der Waals surface area (Å²) in [6.07, 6.45) is 1.14. The largest absolute Gasteiger partial charge is 0.424 e. The summed E-state index contributed by atoms with van der Waals surface area (Å²) in [6, 6.07) is 5.97. The number of aromatic nitrogens is 3. The SMILES string of the molecule is CN(C)c1nc(N)nc(Oc2ccc(S(C)(=O)=O)cc2)n1. The Morgan fingerprint density at radius 3 is 2.24 bits per heavy atom. The molecule has 0 amide bonds. The predicted octanol–water partition coefficient (Wildman–Crippen LogP) is 0.716. The Balaban J connectivity index is 2.26. The molecular weight excluding hydrogens is 294 g/mol. The van der Waals surface area contributed by atoms with Crippen LogP contribution in [0.5, 0.6) is 11.8 Å². The molecule has 0 spiro atoms. The van der Waals surface area contributed by atoms with Crippen LogP contribution >= 0.6 is 0 Å². The van der Waals surface area contributed by atoms with Crippen LogP contribution in [0.15, 0.2) is 29.2 Å². The monoisotopic (exact) mass is 309 g/mol. The lowest BCUT2D eigenvalue weighted by Gasteiger charge is -2.11. The van der Waals surface area contributed by atoms with E-state index in [-0.39, 0.29) is 16.9 Å². The van der Waals surface area contributed by atoms with Gasteiger partial charge in [-0.1, -0.05) is 0 Å². The van der Waals surface area contributed by atoms with Crippen LogP contribution in [0.1, 0.15) is 0 Å². The van der Waals surface area contributed by atoms with Crippen molar-refractivity contribution in [3.63, 3.8) is 0 Å². The van der Waals surface area contributed by atoms with Gasteiger partial charge in [0.05, 0.1) is 4.90 Å². The van der Waals surface area contributed by atoms with E-state index in [1.807, 2.05) is 0 Å². The first-order valence-electron chi connectivity index (χ1n) is 5.92. The number of ether oxygens (including phenoxy) is 1. The molecule has 8 nitrogen and oxygen atoms in total. The molecule has 1 heterocycles. The number of hydrogen-bond donors (Lipinski definition) is 1. The van der Waals surface area contributed by atoms with Crippen LogP contribution in [-0.2, 0) is 9.84 Å². The second kappa shape index (κ2) is 5.52. The molecule has 0 unspecified atom stereocenters. The fraction of sp³-hybridized carbons (Fsp3) is 0.250. The van der Waals surface area contributed by atoms with Gasteiger partial charge in [-0.15, -0.1) is 0 Å². The van der Waals surface area contributed by atoms with E-state index in [4.69, 9.17) is 10.5 Å². The molecule has 0 radical (unpaired) electrons. The minimum absolute atomic E-state index is 0.0384. The van der Waals surface area contributed by atoms with Gasteiger partial charge in [0, 0.05) is 20.4 Å². The number of nitrogen functional groups attached to an aromatic ring is 1. The van der Waals surface area contributed by atoms with Crippen molar-refractivity contribution >= 4 is 21.7 Å². The molecule has 2 rings (SSSR count). The molecule has 0 atom stereocenters.